The molecule has 2 rings (SSSR count). The van der Waals surface area contributed by atoms with Crippen molar-refractivity contribution in [2.45, 2.75) is 3.74 Å². The van der Waals surface area contributed by atoms with Gasteiger partial charge in [0.15, 0.2) is 0 Å². The Morgan fingerprint density at radius 2 is 2.00 bits per heavy atom. The molecule has 0 saturated carbocycles. The van der Waals surface area contributed by atoms with Crippen molar-refractivity contribution in [1.29, 1.82) is 0 Å². The van der Waals surface area contributed by atoms with Crippen molar-refractivity contribution in [2.24, 2.45) is 0 Å². The second-order valence-corrected chi connectivity index (χ2v) is 6.23. The van der Waals surface area contributed by atoms with Crippen LogP contribution in [0.1, 0.15) is 9.43 Å². The second kappa shape index (κ2) is 4.13. The molecule has 0 amide bonds. The third kappa shape index (κ3) is 2.07. The van der Waals surface area contributed by atoms with E-state index >= 15 is 0 Å². The molecule has 0 bridgehead atoms. The fourth-order valence-electron chi connectivity index (χ4n) is 1.10. The number of rotatable bonds is 1. The summed E-state index contributed by atoms with van der Waals surface area (Å²) in [4.78, 5) is 8.66. The molecule has 1 heterocycles. The molecule has 0 aliphatic rings. The molecule has 0 fully saturated rings. The molecule has 0 spiro atoms. The van der Waals surface area contributed by atoms with E-state index in [0.717, 1.165) is 16.7 Å². The summed E-state index contributed by atoms with van der Waals surface area (Å²) in [6.45, 7) is 0. The maximum absolute atomic E-state index is 5.86. The number of aromatic nitrogens is 2. The first-order valence-electron chi connectivity index (χ1n) is 3.87. The van der Waals surface area contributed by atoms with E-state index in [2.05, 4.69) is 41.8 Å². The minimum Gasteiger partial charge on any atom is -0.253 e. The molecule has 2 aromatic rings. The third-order valence-corrected chi connectivity index (χ3v) is 2.92. The monoisotopic (exact) mass is 334 g/mol. The zero-order valence-corrected chi connectivity index (χ0v) is 10.8. The van der Waals surface area contributed by atoms with Crippen LogP contribution in [0.4, 0.5) is 0 Å². The Morgan fingerprint density at radius 3 is 2.71 bits per heavy atom. The van der Waals surface area contributed by atoms with Crippen LogP contribution in [-0.4, -0.2) is 9.97 Å². The lowest BCUT2D eigenvalue weighted by molar-refractivity contribution is 1.17. The molecule has 0 unspecified atom stereocenters. The molecule has 5 heteroatoms. The van der Waals surface area contributed by atoms with Crippen molar-refractivity contribution in [1.82, 2.24) is 9.97 Å². The Kier molecular flexibility index (Phi) is 3.04. The van der Waals surface area contributed by atoms with Crippen LogP contribution in [0.3, 0.4) is 0 Å². The highest BCUT2D eigenvalue weighted by Crippen LogP contribution is 2.28. The fourth-order valence-corrected chi connectivity index (χ4v) is 1.71. The Labute approximate surface area is 103 Å². The summed E-state index contributed by atoms with van der Waals surface area (Å²) >= 11 is 12.6. The number of halogens is 3. The van der Waals surface area contributed by atoms with Crippen molar-refractivity contribution in [3.05, 3.63) is 35.1 Å². The van der Waals surface area contributed by atoms with Gasteiger partial charge in [0, 0.05) is 5.02 Å². The highest BCUT2D eigenvalue weighted by molar-refractivity contribution is 9.24. The molecule has 0 saturated heterocycles. The molecular weight excluding hydrogens is 331 g/mol. The summed E-state index contributed by atoms with van der Waals surface area (Å²) in [6, 6.07) is 5.46. The van der Waals surface area contributed by atoms with Gasteiger partial charge >= 0.3 is 0 Å². The van der Waals surface area contributed by atoms with Gasteiger partial charge in [0.1, 0.15) is 3.74 Å². The molecule has 0 radical (unpaired) electrons. The van der Waals surface area contributed by atoms with Gasteiger partial charge < -0.3 is 0 Å². The van der Waals surface area contributed by atoms with E-state index in [0.29, 0.717) is 5.02 Å². The third-order valence-electron chi connectivity index (χ3n) is 1.75. The van der Waals surface area contributed by atoms with Crippen LogP contribution in [0.5, 0.6) is 0 Å². The number of nitrogens with zero attached hydrogens (tertiary/aromatic N) is 2. The molecule has 1 aromatic carbocycles. The van der Waals surface area contributed by atoms with Crippen LogP contribution in [0.15, 0.2) is 24.4 Å². The lowest BCUT2D eigenvalue weighted by Crippen LogP contribution is -1.91. The lowest BCUT2D eigenvalue weighted by atomic mass is 10.3. The van der Waals surface area contributed by atoms with Gasteiger partial charge in [-0.15, -0.1) is 0 Å². The number of hydrogen-bond acceptors (Lipinski definition) is 2. The Hall–Kier alpha value is -0.190. The Morgan fingerprint density at radius 1 is 1.21 bits per heavy atom. The lowest BCUT2D eigenvalue weighted by Gasteiger charge is -2.02. The second-order valence-electron chi connectivity index (χ2n) is 2.73. The number of hydrogen-bond donors (Lipinski definition) is 0. The maximum Gasteiger partial charge on any atom is 0.113 e. The van der Waals surface area contributed by atoms with E-state index < -0.39 is 0 Å². The van der Waals surface area contributed by atoms with Crippen molar-refractivity contribution in [2.75, 3.05) is 0 Å². The van der Waals surface area contributed by atoms with Gasteiger partial charge in [0.25, 0.3) is 0 Å². The molecule has 1 aromatic heterocycles. The quantitative estimate of drug-likeness (QED) is 0.734. The first-order chi connectivity index (χ1) is 6.66. The largest absolute Gasteiger partial charge is 0.253 e. The van der Waals surface area contributed by atoms with Crippen LogP contribution in [0.25, 0.3) is 11.0 Å². The average molecular weight is 336 g/mol. The van der Waals surface area contributed by atoms with Gasteiger partial charge in [-0.05, 0) is 18.2 Å². The van der Waals surface area contributed by atoms with Crippen LogP contribution in [0.2, 0.25) is 5.02 Å². The van der Waals surface area contributed by atoms with Crippen LogP contribution in [0, 0.1) is 0 Å². The zero-order valence-electron chi connectivity index (χ0n) is 6.92. The van der Waals surface area contributed by atoms with Crippen molar-refractivity contribution < 1.29 is 0 Å². The molecule has 0 aliphatic carbocycles. The summed E-state index contributed by atoms with van der Waals surface area (Å²) in [5, 5.41) is 0.671. The van der Waals surface area contributed by atoms with Gasteiger partial charge in [-0.3, -0.25) is 4.98 Å². The summed E-state index contributed by atoms with van der Waals surface area (Å²) in [7, 11) is 0. The van der Waals surface area contributed by atoms with Gasteiger partial charge in [-0.2, -0.15) is 0 Å². The summed E-state index contributed by atoms with van der Waals surface area (Å²) in [6.07, 6.45) is 1.73. The summed E-state index contributed by atoms with van der Waals surface area (Å²) in [5.74, 6) is 0. The molecule has 72 valence electrons. The number of benzene rings is 1. The van der Waals surface area contributed by atoms with Crippen LogP contribution < -0.4 is 0 Å². The minimum absolute atomic E-state index is 0.0193. The highest BCUT2D eigenvalue weighted by Gasteiger charge is 2.06. The van der Waals surface area contributed by atoms with Crippen LogP contribution >= 0.6 is 43.5 Å². The number of alkyl halides is 2. The van der Waals surface area contributed by atoms with E-state index in [1.54, 1.807) is 18.3 Å². The van der Waals surface area contributed by atoms with E-state index in [1.165, 1.54) is 0 Å². The van der Waals surface area contributed by atoms with Gasteiger partial charge in [-0.25, -0.2) is 4.98 Å². The first-order valence-corrected chi connectivity index (χ1v) is 6.08. The topological polar surface area (TPSA) is 25.8 Å². The number of fused-ring (bicyclic) bond motifs is 1. The predicted molar refractivity (Wildman–Crippen MR) is 65.1 cm³/mol. The highest BCUT2D eigenvalue weighted by atomic mass is 79.9. The zero-order chi connectivity index (χ0) is 10.1. The van der Waals surface area contributed by atoms with Crippen molar-refractivity contribution >= 4 is 54.5 Å². The molecule has 14 heavy (non-hydrogen) atoms. The first kappa shape index (κ1) is 10.3. The van der Waals surface area contributed by atoms with Gasteiger partial charge in [0.2, 0.25) is 0 Å². The van der Waals surface area contributed by atoms with Crippen molar-refractivity contribution in [3.63, 3.8) is 0 Å². The smallest absolute Gasteiger partial charge is 0.113 e. The maximum atomic E-state index is 5.86. The summed E-state index contributed by atoms with van der Waals surface area (Å²) in [5.41, 5.74) is 2.48. The van der Waals surface area contributed by atoms with Gasteiger partial charge in [0.05, 0.1) is 22.9 Å². The van der Waals surface area contributed by atoms with E-state index in [4.69, 9.17) is 11.6 Å². The SMILES string of the molecule is Clc1ccc2ncc(C(Br)Br)nc2c1. The molecule has 0 N–H and O–H groups in total. The van der Waals surface area contributed by atoms with Crippen LogP contribution in [-0.2, 0) is 0 Å². The fraction of sp³-hybridized carbons (Fsp3) is 0.111. The van der Waals surface area contributed by atoms with E-state index in [-0.39, 0.29) is 3.74 Å². The Balaban J connectivity index is 2.63. The standard InChI is InChI=1S/C9H5Br2ClN2/c10-9(11)8-4-13-6-2-1-5(12)3-7(6)14-8/h1-4,9H. The predicted octanol–water partition coefficient (Wildman–Crippen LogP) is 4.07. The Bertz CT molecular complexity index is 473. The van der Waals surface area contributed by atoms with Crippen molar-refractivity contribution in [3.8, 4) is 0 Å². The molecule has 2 nitrogen and oxygen atoms in total. The summed E-state index contributed by atoms with van der Waals surface area (Å²) < 4.78 is 0.0193. The normalized spacial score (nSPS) is 11.1. The van der Waals surface area contributed by atoms with E-state index in [1.807, 2.05) is 6.07 Å². The van der Waals surface area contributed by atoms with Gasteiger partial charge in [-0.1, -0.05) is 43.5 Å². The molecule has 0 aliphatic heterocycles. The molecular formula is C9H5Br2ClN2. The van der Waals surface area contributed by atoms with E-state index in [9.17, 15) is 0 Å². The molecule has 0 atom stereocenters. The average Bonchev–Trinajstić information content (AvgIpc) is 2.16. The minimum atomic E-state index is 0.0193.